The van der Waals surface area contributed by atoms with E-state index in [4.69, 9.17) is 9.84 Å². The Kier molecular flexibility index (Phi) is 5.72. The van der Waals surface area contributed by atoms with Crippen molar-refractivity contribution in [1.82, 2.24) is 5.32 Å². The maximum atomic E-state index is 11.2. The maximum absolute atomic E-state index is 11.2. The molecule has 2 atom stereocenters. The molecule has 0 bridgehead atoms. The fraction of sp³-hybridized carbons (Fsp3) is 0.900. The van der Waals surface area contributed by atoms with Crippen molar-refractivity contribution in [2.24, 2.45) is 0 Å². The van der Waals surface area contributed by atoms with Gasteiger partial charge in [-0.15, -0.1) is 0 Å². The van der Waals surface area contributed by atoms with Crippen LogP contribution in [0.3, 0.4) is 0 Å². The highest BCUT2D eigenvalue weighted by Crippen LogP contribution is 2.13. The summed E-state index contributed by atoms with van der Waals surface area (Å²) >= 11 is 0. The number of rotatable bonds is 7. The lowest BCUT2D eigenvalue weighted by atomic mass is 9.96. The molecule has 0 aliphatic carbocycles. The highest BCUT2D eigenvalue weighted by molar-refractivity contribution is 5.79. The molecule has 0 radical (unpaired) electrons. The Morgan fingerprint density at radius 2 is 2.14 bits per heavy atom. The van der Waals surface area contributed by atoms with Crippen LogP contribution < -0.4 is 5.32 Å². The summed E-state index contributed by atoms with van der Waals surface area (Å²) < 4.78 is 4.96. The molecule has 0 aliphatic rings. The lowest BCUT2D eigenvalue weighted by Gasteiger charge is -2.31. The van der Waals surface area contributed by atoms with E-state index in [1.54, 1.807) is 0 Å². The fourth-order valence-electron chi connectivity index (χ4n) is 1.34. The minimum Gasteiger partial charge on any atom is -0.480 e. The first-order valence-corrected chi connectivity index (χ1v) is 5.02. The molecule has 14 heavy (non-hydrogen) atoms. The van der Waals surface area contributed by atoms with Crippen molar-refractivity contribution >= 4 is 5.97 Å². The van der Waals surface area contributed by atoms with Gasteiger partial charge in [-0.3, -0.25) is 10.1 Å². The standard InChI is InChI=1S/C10H21NO3/c1-5-8(3)11-10(6-2,7-14-4)9(12)13/h8,11H,5-7H2,1-4H3,(H,12,13). The zero-order valence-corrected chi connectivity index (χ0v) is 9.46. The van der Waals surface area contributed by atoms with Crippen molar-refractivity contribution in [3.63, 3.8) is 0 Å². The van der Waals surface area contributed by atoms with E-state index in [0.717, 1.165) is 6.42 Å². The van der Waals surface area contributed by atoms with Gasteiger partial charge in [0.15, 0.2) is 0 Å². The number of aliphatic carboxylic acids is 1. The van der Waals surface area contributed by atoms with Crippen LogP contribution in [0.4, 0.5) is 0 Å². The Morgan fingerprint density at radius 1 is 1.57 bits per heavy atom. The summed E-state index contributed by atoms with van der Waals surface area (Å²) in [6, 6.07) is 0.182. The molecule has 0 saturated carbocycles. The number of ether oxygens (including phenoxy) is 1. The average Bonchev–Trinajstić information content (AvgIpc) is 2.16. The summed E-state index contributed by atoms with van der Waals surface area (Å²) in [6.07, 6.45) is 1.42. The zero-order chi connectivity index (χ0) is 11.2. The molecule has 0 saturated heterocycles. The zero-order valence-electron chi connectivity index (χ0n) is 9.46. The van der Waals surface area contributed by atoms with Crippen LogP contribution in [0.25, 0.3) is 0 Å². The molecule has 0 aromatic carbocycles. The molecule has 0 amide bonds. The minimum atomic E-state index is -0.940. The van der Waals surface area contributed by atoms with Gasteiger partial charge < -0.3 is 9.84 Å². The number of hydrogen-bond acceptors (Lipinski definition) is 3. The highest BCUT2D eigenvalue weighted by Gasteiger charge is 2.37. The molecule has 4 heteroatoms. The first kappa shape index (κ1) is 13.4. The van der Waals surface area contributed by atoms with Gasteiger partial charge in [-0.1, -0.05) is 13.8 Å². The first-order chi connectivity index (χ1) is 6.52. The summed E-state index contributed by atoms with van der Waals surface area (Å²) in [7, 11) is 1.52. The van der Waals surface area contributed by atoms with E-state index >= 15 is 0 Å². The van der Waals surface area contributed by atoms with Gasteiger partial charge >= 0.3 is 5.97 Å². The van der Waals surface area contributed by atoms with Crippen molar-refractivity contribution in [3.8, 4) is 0 Å². The third-order valence-electron chi connectivity index (χ3n) is 2.54. The van der Waals surface area contributed by atoms with Crippen LogP contribution >= 0.6 is 0 Å². The molecule has 2 N–H and O–H groups in total. The van der Waals surface area contributed by atoms with E-state index in [2.05, 4.69) is 5.32 Å². The van der Waals surface area contributed by atoms with Gasteiger partial charge in [0, 0.05) is 13.2 Å². The molecule has 0 spiro atoms. The van der Waals surface area contributed by atoms with Crippen LogP contribution in [0.1, 0.15) is 33.6 Å². The summed E-state index contributed by atoms with van der Waals surface area (Å²) in [4.78, 5) is 11.2. The third-order valence-corrected chi connectivity index (χ3v) is 2.54. The first-order valence-electron chi connectivity index (χ1n) is 5.02. The molecule has 2 unspecified atom stereocenters. The fourth-order valence-corrected chi connectivity index (χ4v) is 1.34. The molecular formula is C10H21NO3. The number of carboxylic acid groups (broad SMARTS) is 1. The Morgan fingerprint density at radius 3 is 2.43 bits per heavy atom. The van der Waals surface area contributed by atoms with Gasteiger partial charge in [0.2, 0.25) is 0 Å². The van der Waals surface area contributed by atoms with Gasteiger partial charge in [0.1, 0.15) is 5.54 Å². The third kappa shape index (κ3) is 3.27. The Hall–Kier alpha value is -0.610. The monoisotopic (exact) mass is 203 g/mol. The van der Waals surface area contributed by atoms with E-state index in [1.807, 2.05) is 20.8 Å². The molecule has 0 fully saturated rings. The smallest absolute Gasteiger partial charge is 0.326 e. The number of carboxylic acids is 1. The van der Waals surface area contributed by atoms with Gasteiger partial charge in [0.05, 0.1) is 6.61 Å². The molecule has 0 heterocycles. The number of nitrogens with one attached hydrogen (secondary N) is 1. The average molecular weight is 203 g/mol. The summed E-state index contributed by atoms with van der Waals surface area (Å²) in [5.41, 5.74) is -0.940. The van der Waals surface area contributed by atoms with Gasteiger partial charge in [-0.05, 0) is 19.8 Å². The van der Waals surface area contributed by atoms with Crippen LogP contribution in [-0.4, -0.2) is 36.4 Å². The second-order valence-corrected chi connectivity index (χ2v) is 3.63. The Balaban J connectivity index is 4.57. The quantitative estimate of drug-likeness (QED) is 0.654. The lowest BCUT2D eigenvalue weighted by molar-refractivity contribution is -0.148. The largest absolute Gasteiger partial charge is 0.480 e. The molecule has 84 valence electrons. The van der Waals surface area contributed by atoms with Gasteiger partial charge in [-0.25, -0.2) is 0 Å². The van der Waals surface area contributed by atoms with Crippen molar-refractivity contribution < 1.29 is 14.6 Å². The van der Waals surface area contributed by atoms with Crippen LogP contribution in [0.2, 0.25) is 0 Å². The summed E-state index contributed by atoms with van der Waals surface area (Å²) in [5, 5.41) is 12.3. The van der Waals surface area contributed by atoms with Crippen LogP contribution in [0.5, 0.6) is 0 Å². The topological polar surface area (TPSA) is 58.6 Å². The van der Waals surface area contributed by atoms with Crippen molar-refractivity contribution in [2.45, 2.75) is 45.2 Å². The van der Waals surface area contributed by atoms with Crippen LogP contribution in [0.15, 0.2) is 0 Å². The molecule has 0 aromatic heterocycles. The van der Waals surface area contributed by atoms with Gasteiger partial charge in [0.25, 0.3) is 0 Å². The highest BCUT2D eigenvalue weighted by atomic mass is 16.5. The predicted molar refractivity (Wildman–Crippen MR) is 55.4 cm³/mol. The maximum Gasteiger partial charge on any atom is 0.326 e. The van der Waals surface area contributed by atoms with Crippen LogP contribution in [-0.2, 0) is 9.53 Å². The minimum absolute atomic E-state index is 0.182. The predicted octanol–water partition coefficient (Wildman–Crippen LogP) is 1.25. The Bertz CT molecular complexity index is 184. The SMILES string of the molecule is CCC(C)NC(CC)(COC)C(=O)O. The second-order valence-electron chi connectivity index (χ2n) is 3.63. The number of carbonyl (C=O) groups is 1. The van der Waals surface area contributed by atoms with E-state index < -0.39 is 11.5 Å². The van der Waals surface area contributed by atoms with E-state index in [-0.39, 0.29) is 12.6 Å². The van der Waals surface area contributed by atoms with Crippen LogP contribution in [0, 0.1) is 0 Å². The van der Waals surface area contributed by atoms with Crippen molar-refractivity contribution in [2.75, 3.05) is 13.7 Å². The van der Waals surface area contributed by atoms with E-state index in [1.165, 1.54) is 7.11 Å². The summed E-state index contributed by atoms with van der Waals surface area (Å²) in [6.45, 7) is 6.04. The van der Waals surface area contributed by atoms with E-state index in [9.17, 15) is 4.79 Å². The van der Waals surface area contributed by atoms with Crippen molar-refractivity contribution in [1.29, 1.82) is 0 Å². The molecule has 4 nitrogen and oxygen atoms in total. The molecular weight excluding hydrogens is 182 g/mol. The van der Waals surface area contributed by atoms with E-state index in [0.29, 0.717) is 6.42 Å². The molecule has 0 rings (SSSR count). The molecule has 0 aliphatic heterocycles. The molecule has 0 aromatic rings. The summed E-state index contributed by atoms with van der Waals surface area (Å²) in [5.74, 6) is -0.845. The van der Waals surface area contributed by atoms with Crippen molar-refractivity contribution in [3.05, 3.63) is 0 Å². The number of methoxy groups -OCH3 is 1. The number of hydrogen-bond donors (Lipinski definition) is 2. The Labute approximate surface area is 85.6 Å². The van der Waals surface area contributed by atoms with Gasteiger partial charge in [-0.2, -0.15) is 0 Å². The second kappa shape index (κ2) is 5.98. The normalized spacial score (nSPS) is 17.4. The lowest BCUT2D eigenvalue weighted by Crippen LogP contribution is -2.57.